The number of fused-ring (bicyclic) bond motifs is 3. The van der Waals surface area contributed by atoms with Gasteiger partial charge < -0.3 is 18.5 Å². The molecule has 0 bridgehead atoms. The largest absolute Gasteiger partial charge is 0.454 e. The van der Waals surface area contributed by atoms with Gasteiger partial charge in [-0.2, -0.15) is 4.99 Å². The van der Waals surface area contributed by atoms with Crippen molar-refractivity contribution in [3.05, 3.63) is 53.0 Å². The number of thiazole rings is 1. The van der Waals surface area contributed by atoms with Crippen LogP contribution in [-0.4, -0.2) is 17.3 Å². The molecule has 0 radical (unpaired) electrons. The van der Waals surface area contributed by atoms with E-state index in [9.17, 15) is 4.79 Å². The number of hydrogen-bond acceptors (Lipinski definition) is 5. The lowest BCUT2D eigenvalue weighted by Crippen LogP contribution is -2.16. The molecule has 0 N–H and O–H groups in total. The van der Waals surface area contributed by atoms with E-state index >= 15 is 0 Å². The van der Waals surface area contributed by atoms with Crippen molar-refractivity contribution in [2.45, 2.75) is 6.54 Å². The normalized spacial score (nSPS) is 13.4. The van der Waals surface area contributed by atoms with Gasteiger partial charge in [-0.3, -0.25) is 4.79 Å². The van der Waals surface area contributed by atoms with Crippen LogP contribution in [-0.2, 0) is 6.54 Å². The van der Waals surface area contributed by atoms with E-state index in [1.807, 2.05) is 41.0 Å². The fourth-order valence-electron chi connectivity index (χ4n) is 3.02. The molecule has 0 atom stereocenters. The highest BCUT2D eigenvalue weighted by molar-refractivity contribution is 7.16. The minimum absolute atomic E-state index is 0.190. The summed E-state index contributed by atoms with van der Waals surface area (Å²) in [6.45, 7) is 0.482. The predicted octanol–water partition coefficient (Wildman–Crippen LogP) is 3.55. The van der Waals surface area contributed by atoms with Crippen molar-refractivity contribution >= 4 is 38.4 Å². The summed E-state index contributed by atoms with van der Waals surface area (Å²) >= 11 is 1.36. The molecule has 0 fully saturated rings. The monoisotopic (exact) mass is 376 g/mol. The van der Waals surface area contributed by atoms with Crippen LogP contribution in [0.15, 0.2) is 51.9 Å². The Balaban J connectivity index is 1.65. The number of carbonyl (C=O) groups excluding carboxylic acids is 1. The minimum Gasteiger partial charge on any atom is -0.454 e. The number of benzene rings is 2. The van der Waals surface area contributed by atoms with Gasteiger partial charge in [-0.1, -0.05) is 35.5 Å². The molecule has 1 aliphatic heterocycles. The Labute approximate surface area is 157 Å². The molecule has 3 heterocycles. The van der Waals surface area contributed by atoms with Gasteiger partial charge in [-0.15, -0.1) is 6.42 Å². The molecule has 5 rings (SSSR count). The Morgan fingerprint density at radius 2 is 2.04 bits per heavy atom. The first-order valence-electron chi connectivity index (χ1n) is 8.17. The number of nitrogens with zero attached hydrogens (tertiary/aromatic N) is 2. The summed E-state index contributed by atoms with van der Waals surface area (Å²) in [4.78, 5) is 17.4. The number of rotatable bonds is 2. The molecule has 6 nitrogen and oxygen atoms in total. The van der Waals surface area contributed by atoms with E-state index in [2.05, 4.69) is 10.9 Å². The molecule has 0 unspecified atom stereocenters. The number of aromatic nitrogens is 1. The third kappa shape index (κ3) is 2.58. The van der Waals surface area contributed by atoms with Crippen LogP contribution in [0.3, 0.4) is 0 Å². The second-order valence-corrected chi connectivity index (χ2v) is 6.92. The zero-order valence-corrected chi connectivity index (χ0v) is 14.8. The molecule has 7 heteroatoms. The zero-order valence-electron chi connectivity index (χ0n) is 14.0. The van der Waals surface area contributed by atoms with E-state index < -0.39 is 5.91 Å². The number of amides is 1. The van der Waals surface area contributed by atoms with Crippen molar-refractivity contribution < 1.29 is 18.7 Å². The third-order valence-corrected chi connectivity index (χ3v) is 5.30. The SMILES string of the molecule is C#CCn1c(=NC(=O)c2cc3ccccc3o2)sc2cc3c(cc21)OCO3. The van der Waals surface area contributed by atoms with Gasteiger partial charge in [0.2, 0.25) is 6.79 Å². The first-order chi connectivity index (χ1) is 13.2. The molecule has 2 aromatic carbocycles. The molecule has 1 aliphatic rings. The van der Waals surface area contributed by atoms with Crippen molar-refractivity contribution in [1.82, 2.24) is 4.57 Å². The smallest absolute Gasteiger partial charge is 0.315 e. The number of para-hydroxylation sites is 1. The molecule has 1 amide bonds. The maximum Gasteiger partial charge on any atom is 0.315 e. The molecular weight excluding hydrogens is 364 g/mol. The number of carbonyl (C=O) groups is 1. The van der Waals surface area contributed by atoms with Gasteiger partial charge in [0.05, 0.1) is 16.8 Å². The zero-order chi connectivity index (χ0) is 18.4. The van der Waals surface area contributed by atoms with Gasteiger partial charge in [0.15, 0.2) is 22.1 Å². The highest BCUT2D eigenvalue weighted by Gasteiger charge is 2.18. The lowest BCUT2D eigenvalue weighted by atomic mass is 10.2. The van der Waals surface area contributed by atoms with Gasteiger partial charge in [-0.25, -0.2) is 0 Å². The van der Waals surface area contributed by atoms with Crippen molar-refractivity contribution in [1.29, 1.82) is 0 Å². The van der Waals surface area contributed by atoms with Crippen LogP contribution < -0.4 is 14.3 Å². The average Bonchev–Trinajstić information content (AvgIpc) is 3.37. The number of furan rings is 1. The van der Waals surface area contributed by atoms with E-state index in [4.69, 9.17) is 20.3 Å². The lowest BCUT2D eigenvalue weighted by molar-refractivity contribution is 0.0973. The topological polar surface area (TPSA) is 66.0 Å². The summed E-state index contributed by atoms with van der Waals surface area (Å²) in [6.07, 6.45) is 5.52. The van der Waals surface area contributed by atoms with E-state index in [1.54, 1.807) is 6.07 Å². The summed E-state index contributed by atoms with van der Waals surface area (Å²) in [6, 6.07) is 12.9. The van der Waals surface area contributed by atoms with Crippen molar-refractivity contribution in [3.8, 4) is 23.8 Å². The van der Waals surface area contributed by atoms with Gasteiger partial charge >= 0.3 is 5.91 Å². The maximum absolute atomic E-state index is 12.7. The quantitative estimate of drug-likeness (QED) is 0.502. The molecule has 132 valence electrons. The van der Waals surface area contributed by atoms with Crippen molar-refractivity contribution in [2.24, 2.45) is 4.99 Å². The Bertz CT molecular complexity index is 1290. The molecule has 0 aliphatic carbocycles. The van der Waals surface area contributed by atoms with Gasteiger partial charge in [-0.05, 0) is 12.1 Å². The third-order valence-electron chi connectivity index (χ3n) is 4.26. The molecule has 27 heavy (non-hydrogen) atoms. The van der Waals surface area contributed by atoms with E-state index in [0.717, 1.165) is 15.6 Å². The van der Waals surface area contributed by atoms with Crippen molar-refractivity contribution in [3.63, 3.8) is 0 Å². The maximum atomic E-state index is 12.7. The summed E-state index contributed by atoms with van der Waals surface area (Å²) in [5.74, 6) is 3.67. The van der Waals surface area contributed by atoms with Crippen LogP contribution in [0.2, 0.25) is 0 Å². The first-order valence-corrected chi connectivity index (χ1v) is 8.99. The predicted molar refractivity (Wildman–Crippen MR) is 101 cm³/mol. The second-order valence-electron chi connectivity index (χ2n) is 5.91. The summed E-state index contributed by atoms with van der Waals surface area (Å²) in [5, 5.41) is 0.856. The summed E-state index contributed by atoms with van der Waals surface area (Å²) < 4.78 is 19.2. The van der Waals surface area contributed by atoms with Crippen LogP contribution in [0.1, 0.15) is 10.6 Å². The van der Waals surface area contributed by atoms with Crippen molar-refractivity contribution in [2.75, 3.05) is 6.79 Å². The highest BCUT2D eigenvalue weighted by atomic mass is 32.1. The number of terminal acetylenes is 1. The Morgan fingerprint density at radius 3 is 2.85 bits per heavy atom. The number of hydrogen-bond donors (Lipinski definition) is 0. The standard InChI is InChI=1S/C20H12N2O4S/c1-2-7-22-13-9-15-16(25-11-24-15)10-18(13)27-20(22)21-19(23)17-8-12-5-3-4-6-14(12)26-17/h1,3-6,8-10H,7,11H2. The fraction of sp³-hybridized carbons (Fsp3) is 0.100. The fourth-order valence-corrected chi connectivity index (χ4v) is 4.06. The second kappa shape index (κ2) is 6.04. The summed E-state index contributed by atoms with van der Waals surface area (Å²) in [7, 11) is 0. The Morgan fingerprint density at radius 1 is 1.22 bits per heavy atom. The van der Waals surface area contributed by atoms with Crippen LogP contribution >= 0.6 is 11.3 Å². The van der Waals surface area contributed by atoms with Gasteiger partial charge in [0, 0.05) is 17.5 Å². The lowest BCUT2D eigenvalue weighted by Gasteiger charge is -2.01. The van der Waals surface area contributed by atoms with Gasteiger partial charge in [0.25, 0.3) is 0 Å². The van der Waals surface area contributed by atoms with Gasteiger partial charge in [0.1, 0.15) is 5.58 Å². The van der Waals surface area contributed by atoms with Crippen LogP contribution in [0.5, 0.6) is 11.5 Å². The van der Waals surface area contributed by atoms with E-state index in [1.165, 1.54) is 11.3 Å². The van der Waals surface area contributed by atoms with Crippen LogP contribution in [0, 0.1) is 12.3 Å². The van der Waals surface area contributed by atoms with E-state index in [-0.39, 0.29) is 19.1 Å². The highest BCUT2D eigenvalue weighted by Crippen LogP contribution is 2.37. The Kier molecular flexibility index (Phi) is 3.52. The average molecular weight is 376 g/mol. The molecule has 0 spiro atoms. The molecular formula is C20H12N2O4S. The number of ether oxygens (including phenoxy) is 2. The molecule has 0 saturated heterocycles. The Hall–Kier alpha value is -3.50. The van der Waals surface area contributed by atoms with E-state index in [0.29, 0.717) is 21.9 Å². The molecule has 4 aromatic rings. The van der Waals surface area contributed by atoms with Crippen LogP contribution in [0.4, 0.5) is 0 Å². The molecule has 0 saturated carbocycles. The minimum atomic E-state index is -0.455. The first kappa shape index (κ1) is 15.7. The molecule has 2 aromatic heterocycles. The van der Waals surface area contributed by atoms with Crippen LogP contribution in [0.25, 0.3) is 21.2 Å². The summed E-state index contributed by atoms with van der Waals surface area (Å²) in [5.41, 5.74) is 1.49.